The molecule has 0 spiro atoms. The van der Waals surface area contributed by atoms with Gasteiger partial charge in [-0.05, 0) is 31.7 Å². The van der Waals surface area contributed by atoms with Gasteiger partial charge in [0.2, 0.25) is 0 Å². The Hall–Kier alpha value is -2.49. The molecule has 0 saturated heterocycles. The Morgan fingerprint density at radius 3 is 2.36 bits per heavy atom. The molecule has 2 heterocycles. The number of aliphatic hydroxyl groups is 1. The van der Waals surface area contributed by atoms with Crippen LogP contribution in [0.25, 0.3) is 22.4 Å². The molecule has 150 valence electrons. The molecule has 0 unspecified atom stereocenters. The van der Waals surface area contributed by atoms with Gasteiger partial charge in [-0.15, -0.1) is 0 Å². The van der Waals surface area contributed by atoms with Crippen molar-refractivity contribution < 1.29 is 18.1 Å². The first-order valence-corrected chi connectivity index (χ1v) is 10.9. The van der Waals surface area contributed by atoms with E-state index in [2.05, 4.69) is 15.3 Å². The van der Waals surface area contributed by atoms with Gasteiger partial charge in [-0.3, -0.25) is 4.55 Å². The Balaban J connectivity index is 0.000000403. The average Bonchev–Trinajstić information content (AvgIpc) is 3.12. The molecule has 28 heavy (non-hydrogen) atoms. The van der Waals surface area contributed by atoms with E-state index in [1.54, 1.807) is 0 Å². The van der Waals surface area contributed by atoms with E-state index in [4.69, 9.17) is 9.54 Å². The molecule has 1 aliphatic carbocycles. The normalized spacial score (nSPS) is 19.7. The largest absolute Gasteiger partial charge is 0.393 e. The SMILES string of the molecule is CS(=O)(=O)O.OC1CCC(Nc2nc(-c3ccccc3)nc3[nH]ccc23)CC1. The number of hydrogen-bond donors (Lipinski definition) is 4. The summed E-state index contributed by atoms with van der Waals surface area (Å²) in [5.74, 6) is 1.59. The molecule has 9 heteroatoms. The van der Waals surface area contributed by atoms with Gasteiger partial charge in [-0.1, -0.05) is 30.3 Å². The third-order valence-corrected chi connectivity index (χ3v) is 4.49. The molecule has 1 aromatic carbocycles. The predicted octanol–water partition coefficient (Wildman–Crippen LogP) is 2.84. The van der Waals surface area contributed by atoms with Crippen molar-refractivity contribution in [1.82, 2.24) is 15.0 Å². The van der Waals surface area contributed by atoms with Gasteiger partial charge in [0.05, 0.1) is 17.7 Å². The van der Waals surface area contributed by atoms with Gasteiger partial charge >= 0.3 is 0 Å². The molecule has 0 atom stereocenters. The first-order chi connectivity index (χ1) is 13.3. The zero-order valence-corrected chi connectivity index (χ0v) is 16.4. The minimum absolute atomic E-state index is 0.148. The Labute approximate surface area is 163 Å². The number of H-pyrrole nitrogens is 1. The summed E-state index contributed by atoms with van der Waals surface area (Å²) in [5.41, 5.74) is 1.85. The molecule has 1 saturated carbocycles. The van der Waals surface area contributed by atoms with Crippen LogP contribution < -0.4 is 5.32 Å². The van der Waals surface area contributed by atoms with Crippen LogP contribution in [0.4, 0.5) is 5.82 Å². The lowest BCUT2D eigenvalue weighted by Gasteiger charge is -2.26. The van der Waals surface area contributed by atoms with E-state index in [9.17, 15) is 13.5 Å². The third kappa shape index (κ3) is 5.75. The quantitative estimate of drug-likeness (QED) is 0.494. The lowest BCUT2D eigenvalue weighted by atomic mass is 9.93. The Morgan fingerprint density at radius 2 is 1.71 bits per heavy atom. The molecule has 0 aliphatic heterocycles. The lowest BCUT2D eigenvalue weighted by Crippen LogP contribution is -2.28. The van der Waals surface area contributed by atoms with Crippen LogP contribution in [-0.2, 0) is 10.1 Å². The second kappa shape index (κ2) is 8.68. The van der Waals surface area contributed by atoms with Gasteiger partial charge in [-0.25, -0.2) is 9.97 Å². The average molecular weight is 404 g/mol. The van der Waals surface area contributed by atoms with Gasteiger partial charge in [0.25, 0.3) is 10.1 Å². The summed E-state index contributed by atoms with van der Waals surface area (Å²) in [6.07, 6.45) is 6.10. The Bertz CT molecular complexity index is 1000. The van der Waals surface area contributed by atoms with E-state index in [0.29, 0.717) is 12.3 Å². The maximum atomic E-state index is 9.67. The van der Waals surface area contributed by atoms with Crippen molar-refractivity contribution in [2.24, 2.45) is 0 Å². The van der Waals surface area contributed by atoms with Crippen LogP contribution in [0.3, 0.4) is 0 Å². The Morgan fingerprint density at radius 1 is 1.07 bits per heavy atom. The second-order valence-corrected chi connectivity index (χ2v) is 8.35. The van der Waals surface area contributed by atoms with Gasteiger partial charge in [0, 0.05) is 17.8 Å². The first-order valence-electron chi connectivity index (χ1n) is 9.07. The molecule has 4 rings (SSSR count). The first kappa shape index (κ1) is 20.2. The van der Waals surface area contributed by atoms with Crippen molar-refractivity contribution in [2.75, 3.05) is 11.6 Å². The van der Waals surface area contributed by atoms with E-state index in [1.807, 2.05) is 42.6 Å². The number of benzene rings is 1. The molecule has 1 aliphatic rings. The highest BCUT2D eigenvalue weighted by Crippen LogP contribution is 2.27. The van der Waals surface area contributed by atoms with Crippen molar-refractivity contribution in [1.29, 1.82) is 0 Å². The fourth-order valence-electron chi connectivity index (χ4n) is 3.18. The van der Waals surface area contributed by atoms with Crippen LogP contribution >= 0.6 is 0 Å². The summed E-state index contributed by atoms with van der Waals surface area (Å²) >= 11 is 0. The molecular weight excluding hydrogens is 380 g/mol. The van der Waals surface area contributed by atoms with Gasteiger partial charge in [-0.2, -0.15) is 8.42 Å². The van der Waals surface area contributed by atoms with Crippen LogP contribution in [0.5, 0.6) is 0 Å². The van der Waals surface area contributed by atoms with Crippen LogP contribution in [0.15, 0.2) is 42.6 Å². The third-order valence-electron chi connectivity index (χ3n) is 4.49. The highest BCUT2D eigenvalue weighted by Gasteiger charge is 2.21. The Kier molecular flexibility index (Phi) is 6.28. The summed E-state index contributed by atoms with van der Waals surface area (Å²) in [4.78, 5) is 12.6. The van der Waals surface area contributed by atoms with E-state index in [-0.39, 0.29) is 6.10 Å². The molecule has 0 bridgehead atoms. The zero-order chi connectivity index (χ0) is 20.1. The molecule has 1 fully saturated rings. The molecule has 8 nitrogen and oxygen atoms in total. The van der Waals surface area contributed by atoms with E-state index >= 15 is 0 Å². The molecule has 0 amide bonds. The molecule has 0 radical (unpaired) electrons. The molecule has 4 N–H and O–H groups in total. The molecule has 3 aromatic rings. The summed E-state index contributed by atoms with van der Waals surface area (Å²) in [6, 6.07) is 12.4. The molecular formula is C19H24N4O4S. The van der Waals surface area contributed by atoms with Gasteiger partial charge in [0.1, 0.15) is 11.5 Å². The van der Waals surface area contributed by atoms with Crippen molar-refractivity contribution >= 4 is 27.0 Å². The summed E-state index contributed by atoms with van der Waals surface area (Å²) in [7, 11) is -3.67. The number of aliphatic hydroxyl groups excluding tert-OH is 1. The van der Waals surface area contributed by atoms with E-state index in [0.717, 1.165) is 53.9 Å². The van der Waals surface area contributed by atoms with Gasteiger partial charge < -0.3 is 15.4 Å². The fraction of sp³-hybridized carbons (Fsp3) is 0.368. The van der Waals surface area contributed by atoms with E-state index in [1.165, 1.54) is 0 Å². The smallest absolute Gasteiger partial charge is 0.261 e. The van der Waals surface area contributed by atoms with Crippen LogP contribution in [0.2, 0.25) is 0 Å². The molecule has 2 aromatic heterocycles. The summed E-state index contributed by atoms with van der Waals surface area (Å²) < 4.78 is 25.9. The summed E-state index contributed by atoms with van der Waals surface area (Å²) in [5, 5.41) is 14.2. The van der Waals surface area contributed by atoms with Crippen molar-refractivity contribution in [3.05, 3.63) is 42.6 Å². The second-order valence-electron chi connectivity index (χ2n) is 6.88. The number of aromatic amines is 1. The van der Waals surface area contributed by atoms with E-state index < -0.39 is 10.1 Å². The topological polar surface area (TPSA) is 128 Å². The predicted molar refractivity (Wildman–Crippen MR) is 109 cm³/mol. The number of nitrogens with zero attached hydrogens (tertiary/aromatic N) is 2. The zero-order valence-electron chi connectivity index (χ0n) is 15.5. The van der Waals surface area contributed by atoms with Gasteiger partial charge in [0.15, 0.2) is 5.82 Å². The monoisotopic (exact) mass is 404 g/mol. The minimum atomic E-state index is -3.67. The van der Waals surface area contributed by atoms with Crippen molar-refractivity contribution in [2.45, 2.75) is 37.8 Å². The number of rotatable bonds is 3. The van der Waals surface area contributed by atoms with Crippen LogP contribution in [-0.4, -0.2) is 51.4 Å². The number of anilines is 1. The summed E-state index contributed by atoms with van der Waals surface area (Å²) in [6.45, 7) is 0. The van der Waals surface area contributed by atoms with Crippen LogP contribution in [0.1, 0.15) is 25.7 Å². The maximum Gasteiger partial charge on any atom is 0.261 e. The highest BCUT2D eigenvalue weighted by molar-refractivity contribution is 7.85. The van der Waals surface area contributed by atoms with Crippen molar-refractivity contribution in [3.8, 4) is 11.4 Å². The highest BCUT2D eigenvalue weighted by atomic mass is 32.2. The fourth-order valence-corrected chi connectivity index (χ4v) is 3.18. The van der Waals surface area contributed by atoms with Crippen molar-refractivity contribution in [3.63, 3.8) is 0 Å². The number of nitrogens with one attached hydrogen (secondary N) is 2. The number of aromatic nitrogens is 3. The minimum Gasteiger partial charge on any atom is -0.393 e. The standard InChI is InChI=1S/C18H20N4O.CH4O3S/c23-14-8-6-13(7-9-14)20-18-15-10-11-19-17(15)21-16(22-18)12-4-2-1-3-5-12;1-5(2,3)4/h1-5,10-11,13-14,23H,6-9H2,(H2,19,20,21,22);1H3,(H,2,3,4). The number of hydrogen-bond acceptors (Lipinski definition) is 6. The van der Waals surface area contributed by atoms with Crippen LogP contribution in [0, 0.1) is 0 Å². The maximum absolute atomic E-state index is 9.67. The lowest BCUT2D eigenvalue weighted by molar-refractivity contribution is 0.126. The number of fused-ring (bicyclic) bond motifs is 1.